The molecule has 2 saturated carbocycles. The van der Waals surface area contributed by atoms with Gasteiger partial charge in [-0.3, -0.25) is 4.79 Å². The lowest BCUT2D eigenvalue weighted by atomic mass is 9.88. The molecule has 3 rings (SSSR count). The molecule has 0 aromatic rings. The van der Waals surface area contributed by atoms with Crippen molar-refractivity contribution in [2.75, 3.05) is 13.1 Å². The number of nitrogens with one attached hydrogen (secondary N) is 2. The molecule has 3 heteroatoms. The molecule has 4 atom stereocenters. The Hall–Kier alpha value is -0.570. The highest BCUT2D eigenvalue weighted by Crippen LogP contribution is 2.47. The Kier molecular flexibility index (Phi) is 2.89. The summed E-state index contributed by atoms with van der Waals surface area (Å²) in [4.78, 5) is 12.2. The number of hydrogen-bond donors (Lipinski definition) is 2. The van der Waals surface area contributed by atoms with Crippen molar-refractivity contribution in [1.82, 2.24) is 10.6 Å². The number of hydrogen-bond acceptors (Lipinski definition) is 2. The SMILES string of the molecule is CC1(C(=O)NCC2CC3CCC2C3)CCCN1. The minimum atomic E-state index is -0.294. The molecule has 1 amide bonds. The van der Waals surface area contributed by atoms with Gasteiger partial charge in [0.05, 0.1) is 5.54 Å². The van der Waals surface area contributed by atoms with Crippen LogP contribution in [0.1, 0.15) is 45.4 Å². The minimum Gasteiger partial charge on any atom is -0.354 e. The first-order valence-corrected chi connectivity index (χ1v) is 7.21. The summed E-state index contributed by atoms with van der Waals surface area (Å²) in [6.45, 7) is 3.94. The number of carbonyl (C=O) groups excluding carboxylic acids is 1. The second kappa shape index (κ2) is 4.27. The van der Waals surface area contributed by atoms with Crippen LogP contribution in [0.3, 0.4) is 0 Å². The van der Waals surface area contributed by atoms with Crippen LogP contribution in [0, 0.1) is 17.8 Å². The van der Waals surface area contributed by atoms with E-state index in [0.29, 0.717) is 0 Å². The zero-order valence-electron chi connectivity index (χ0n) is 10.8. The van der Waals surface area contributed by atoms with Gasteiger partial charge in [0.1, 0.15) is 0 Å². The predicted octanol–water partition coefficient (Wildman–Crippen LogP) is 1.68. The molecule has 0 spiro atoms. The van der Waals surface area contributed by atoms with Crippen molar-refractivity contribution in [2.45, 2.75) is 51.0 Å². The highest BCUT2D eigenvalue weighted by Gasteiger charge is 2.41. The third-order valence-electron chi connectivity index (χ3n) is 5.28. The Morgan fingerprint density at radius 1 is 1.41 bits per heavy atom. The summed E-state index contributed by atoms with van der Waals surface area (Å²) in [5.41, 5.74) is -0.294. The van der Waals surface area contributed by atoms with Gasteiger partial charge < -0.3 is 10.6 Å². The fraction of sp³-hybridized carbons (Fsp3) is 0.929. The standard InChI is InChI=1S/C14H24N2O/c1-14(5-2-6-16-14)13(17)15-9-12-8-10-3-4-11(12)7-10/h10-12,16H,2-9H2,1H3,(H,15,17). The molecule has 17 heavy (non-hydrogen) atoms. The Bertz CT molecular complexity index is 309. The van der Waals surface area contributed by atoms with Crippen molar-refractivity contribution >= 4 is 5.91 Å². The van der Waals surface area contributed by atoms with Crippen molar-refractivity contribution in [2.24, 2.45) is 17.8 Å². The lowest BCUT2D eigenvalue weighted by Gasteiger charge is -2.26. The van der Waals surface area contributed by atoms with Crippen molar-refractivity contribution in [3.63, 3.8) is 0 Å². The van der Waals surface area contributed by atoms with E-state index >= 15 is 0 Å². The summed E-state index contributed by atoms with van der Waals surface area (Å²) in [5.74, 6) is 2.87. The van der Waals surface area contributed by atoms with Gasteiger partial charge in [-0.15, -0.1) is 0 Å². The molecule has 96 valence electrons. The summed E-state index contributed by atoms with van der Waals surface area (Å²) in [5, 5.41) is 6.52. The lowest BCUT2D eigenvalue weighted by Crippen LogP contribution is -2.52. The first-order valence-electron chi connectivity index (χ1n) is 7.21. The van der Waals surface area contributed by atoms with Crippen LogP contribution >= 0.6 is 0 Å². The quantitative estimate of drug-likeness (QED) is 0.783. The molecule has 1 saturated heterocycles. The van der Waals surface area contributed by atoms with Crippen LogP contribution in [0.15, 0.2) is 0 Å². The van der Waals surface area contributed by atoms with Crippen LogP contribution in [0.2, 0.25) is 0 Å². The van der Waals surface area contributed by atoms with E-state index in [-0.39, 0.29) is 11.4 Å². The Morgan fingerprint density at radius 3 is 2.88 bits per heavy atom. The second-order valence-electron chi connectivity index (χ2n) is 6.51. The normalized spacial score (nSPS) is 44.2. The molecule has 3 aliphatic rings. The summed E-state index contributed by atoms with van der Waals surface area (Å²) in [7, 11) is 0. The third-order valence-corrected chi connectivity index (χ3v) is 5.28. The molecule has 1 aliphatic heterocycles. The van der Waals surface area contributed by atoms with Gasteiger partial charge in [-0.2, -0.15) is 0 Å². The number of carbonyl (C=O) groups is 1. The highest BCUT2D eigenvalue weighted by atomic mass is 16.2. The molecule has 0 aromatic carbocycles. The highest BCUT2D eigenvalue weighted by molar-refractivity contribution is 5.86. The summed E-state index contributed by atoms with van der Waals surface area (Å²) < 4.78 is 0. The molecular weight excluding hydrogens is 212 g/mol. The summed E-state index contributed by atoms with van der Waals surface area (Å²) >= 11 is 0. The Balaban J connectivity index is 1.49. The predicted molar refractivity (Wildman–Crippen MR) is 67.6 cm³/mol. The van der Waals surface area contributed by atoms with E-state index in [0.717, 1.165) is 43.7 Å². The zero-order chi connectivity index (χ0) is 11.9. The molecule has 0 radical (unpaired) electrons. The lowest BCUT2D eigenvalue weighted by molar-refractivity contribution is -0.126. The summed E-state index contributed by atoms with van der Waals surface area (Å²) in [6, 6.07) is 0. The largest absolute Gasteiger partial charge is 0.354 e. The van der Waals surface area contributed by atoms with Gasteiger partial charge in [-0.05, 0) is 63.3 Å². The van der Waals surface area contributed by atoms with E-state index in [1.54, 1.807) is 0 Å². The van der Waals surface area contributed by atoms with E-state index < -0.39 is 0 Å². The van der Waals surface area contributed by atoms with Crippen LogP contribution < -0.4 is 10.6 Å². The van der Waals surface area contributed by atoms with Gasteiger partial charge in [0.2, 0.25) is 5.91 Å². The molecule has 0 aromatic heterocycles. The molecular formula is C14H24N2O. The fourth-order valence-corrected chi connectivity index (χ4v) is 4.13. The first-order chi connectivity index (χ1) is 8.17. The zero-order valence-corrected chi connectivity index (χ0v) is 10.8. The van der Waals surface area contributed by atoms with Gasteiger partial charge in [0.15, 0.2) is 0 Å². The molecule has 3 nitrogen and oxygen atoms in total. The van der Waals surface area contributed by atoms with Crippen molar-refractivity contribution in [1.29, 1.82) is 0 Å². The maximum absolute atomic E-state index is 12.2. The molecule has 3 fully saturated rings. The molecule has 1 heterocycles. The van der Waals surface area contributed by atoms with Gasteiger partial charge in [-0.1, -0.05) is 6.42 Å². The molecule has 2 N–H and O–H groups in total. The van der Waals surface area contributed by atoms with E-state index in [1.165, 1.54) is 25.7 Å². The number of fused-ring (bicyclic) bond motifs is 2. The van der Waals surface area contributed by atoms with E-state index in [1.807, 2.05) is 6.92 Å². The monoisotopic (exact) mass is 236 g/mol. The van der Waals surface area contributed by atoms with Crippen LogP contribution in [0.5, 0.6) is 0 Å². The van der Waals surface area contributed by atoms with Crippen LogP contribution in [-0.4, -0.2) is 24.5 Å². The maximum Gasteiger partial charge on any atom is 0.240 e. The fourth-order valence-electron chi connectivity index (χ4n) is 4.13. The number of amides is 1. The van der Waals surface area contributed by atoms with E-state index in [2.05, 4.69) is 10.6 Å². The second-order valence-corrected chi connectivity index (χ2v) is 6.51. The van der Waals surface area contributed by atoms with Crippen LogP contribution in [0.25, 0.3) is 0 Å². The summed E-state index contributed by atoms with van der Waals surface area (Å²) in [6.07, 6.45) is 7.73. The molecule has 2 aliphatic carbocycles. The average molecular weight is 236 g/mol. The third kappa shape index (κ3) is 2.10. The minimum absolute atomic E-state index is 0.220. The van der Waals surface area contributed by atoms with Gasteiger partial charge in [0, 0.05) is 6.54 Å². The average Bonchev–Trinajstić information content (AvgIpc) is 3.01. The topological polar surface area (TPSA) is 41.1 Å². The Morgan fingerprint density at radius 2 is 2.29 bits per heavy atom. The van der Waals surface area contributed by atoms with Gasteiger partial charge in [0.25, 0.3) is 0 Å². The first kappa shape index (κ1) is 11.5. The van der Waals surface area contributed by atoms with Crippen molar-refractivity contribution in [3.8, 4) is 0 Å². The maximum atomic E-state index is 12.2. The van der Waals surface area contributed by atoms with Crippen LogP contribution in [-0.2, 0) is 4.79 Å². The number of rotatable bonds is 3. The molecule has 4 unspecified atom stereocenters. The van der Waals surface area contributed by atoms with Crippen molar-refractivity contribution < 1.29 is 4.79 Å². The van der Waals surface area contributed by atoms with Gasteiger partial charge in [-0.25, -0.2) is 0 Å². The van der Waals surface area contributed by atoms with Crippen LogP contribution in [0.4, 0.5) is 0 Å². The smallest absolute Gasteiger partial charge is 0.240 e. The van der Waals surface area contributed by atoms with E-state index in [4.69, 9.17) is 0 Å². The molecule has 2 bridgehead atoms. The Labute approximate surface area is 104 Å². The van der Waals surface area contributed by atoms with Gasteiger partial charge >= 0.3 is 0 Å². The van der Waals surface area contributed by atoms with E-state index in [9.17, 15) is 4.79 Å². The van der Waals surface area contributed by atoms with Crippen molar-refractivity contribution in [3.05, 3.63) is 0 Å².